The first kappa shape index (κ1) is 23.3. The van der Waals surface area contributed by atoms with Gasteiger partial charge in [-0.1, -0.05) is 35.5 Å². The molecule has 1 aliphatic rings. The molecular weight excluding hydrogens is 412 g/mol. The maximum atomic E-state index is 12.9. The minimum Gasteiger partial charge on any atom is -0.444 e. The highest BCUT2D eigenvalue weighted by atomic mass is 16.6. The van der Waals surface area contributed by atoms with Crippen LogP contribution in [-0.4, -0.2) is 59.7 Å². The van der Waals surface area contributed by atoms with Gasteiger partial charge in [-0.05, 0) is 33.6 Å². The van der Waals surface area contributed by atoms with Crippen LogP contribution < -0.4 is 10.6 Å². The van der Waals surface area contributed by atoms with Gasteiger partial charge in [0, 0.05) is 37.8 Å². The monoisotopic (exact) mass is 442 g/mol. The van der Waals surface area contributed by atoms with Crippen molar-refractivity contribution in [3.63, 3.8) is 0 Å². The Morgan fingerprint density at radius 2 is 1.88 bits per heavy atom. The maximum Gasteiger partial charge on any atom is 0.407 e. The average Bonchev–Trinajstić information content (AvgIpc) is 3.26. The van der Waals surface area contributed by atoms with Crippen LogP contribution in [0.3, 0.4) is 0 Å². The van der Waals surface area contributed by atoms with E-state index in [9.17, 15) is 14.4 Å². The van der Waals surface area contributed by atoms with Gasteiger partial charge in [-0.15, -0.1) is 0 Å². The average molecular weight is 443 g/mol. The zero-order valence-electron chi connectivity index (χ0n) is 18.7. The smallest absolute Gasteiger partial charge is 0.407 e. The number of carbonyl (C=O) groups excluding carboxylic acids is 3. The Morgan fingerprint density at radius 1 is 1.16 bits per heavy atom. The highest BCUT2D eigenvalue weighted by Gasteiger charge is 2.30. The SMILES string of the molecule is CC(C)(C)OC(=O)NCCNC(=O)C1CCCN(C(=O)c2cc(-c3ccccc3)no2)C1. The Hall–Kier alpha value is -3.36. The summed E-state index contributed by atoms with van der Waals surface area (Å²) in [5.41, 5.74) is 0.889. The third-order valence-electron chi connectivity index (χ3n) is 4.96. The van der Waals surface area contributed by atoms with Crippen LogP contribution in [0, 0.1) is 5.92 Å². The number of likely N-dealkylation sites (tertiary alicyclic amines) is 1. The van der Waals surface area contributed by atoms with Crippen molar-refractivity contribution in [3.8, 4) is 11.3 Å². The largest absolute Gasteiger partial charge is 0.444 e. The maximum absolute atomic E-state index is 12.9. The van der Waals surface area contributed by atoms with Crippen LogP contribution in [0.15, 0.2) is 40.9 Å². The number of nitrogens with zero attached hydrogens (tertiary/aromatic N) is 2. The Balaban J connectivity index is 1.47. The first-order valence-corrected chi connectivity index (χ1v) is 10.8. The summed E-state index contributed by atoms with van der Waals surface area (Å²) in [6, 6.07) is 11.1. The van der Waals surface area contributed by atoms with Gasteiger partial charge < -0.3 is 24.8 Å². The Morgan fingerprint density at radius 3 is 2.59 bits per heavy atom. The first-order chi connectivity index (χ1) is 15.2. The van der Waals surface area contributed by atoms with Crippen molar-refractivity contribution in [2.75, 3.05) is 26.2 Å². The fraction of sp³-hybridized carbons (Fsp3) is 0.478. The molecule has 32 heavy (non-hydrogen) atoms. The highest BCUT2D eigenvalue weighted by molar-refractivity contribution is 5.93. The van der Waals surface area contributed by atoms with Gasteiger partial charge in [0.2, 0.25) is 11.7 Å². The normalized spacial score (nSPS) is 16.3. The molecule has 1 saturated heterocycles. The van der Waals surface area contributed by atoms with Crippen molar-refractivity contribution >= 4 is 17.9 Å². The number of carbonyl (C=O) groups is 3. The van der Waals surface area contributed by atoms with E-state index in [0.717, 1.165) is 12.0 Å². The molecule has 2 heterocycles. The minimum absolute atomic E-state index is 0.143. The molecule has 1 aromatic heterocycles. The number of amides is 3. The second kappa shape index (κ2) is 10.3. The number of alkyl carbamates (subject to hydrolysis) is 1. The summed E-state index contributed by atoms with van der Waals surface area (Å²) in [6.45, 7) is 6.76. The molecule has 0 spiro atoms. The summed E-state index contributed by atoms with van der Waals surface area (Å²) in [7, 11) is 0. The fourth-order valence-electron chi connectivity index (χ4n) is 3.46. The van der Waals surface area contributed by atoms with E-state index in [4.69, 9.17) is 9.26 Å². The number of piperidine rings is 1. The van der Waals surface area contributed by atoms with Crippen LogP contribution >= 0.6 is 0 Å². The van der Waals surface area contributed by atoms with Crippen LogP contribution in [0.2, 0.25) is 0 Å². The number of benzene rings is 1. The van der Waals surface area contributed by atoms with Gasteiger partial charge in [-0.25, -0.2) is 4.79 Å². The lowest BCUT2D eigenvalue weighted by Crippen LogP contribution is -2.46. The zero-order chi connectivity index (χ0) is 23.1. The summed E-state index contributed by atoms with van der Waals surface area (Å²) in [5.74, 6) is -0.572. The molecule has 1 atom stereocenters. The van der Waals surface area contributed by atoms with E-state index in [1.54, 1.807) is 31.7 Å². The van der Waals surface area contributed by atoms with Crippen LogP contribution in [0.25, 0.3) is 11.3 Å². The van der Waals surface area contributed by atoms with Gasteiger partial charge in [0.1, 0.15) is 11.3 Å². The summed E-state index contributed by atoms with van der Waals surface area (Å²) in [5, 5.41) is 9.41. The number of nitrogens with one attached hydrogen (secondary N) is 2. The molecular formula is C23H30N4O5. The second-order valence-electron chi connectivity index (χ2n) is 8.75. The van der Waals surface area contributed by atoms with Crippen molar-refractivity contribution in [1.29, 1.82) is 0 Å². The Labute approximate surface area is 187 Å². The lowest BCUT2D eigenvalue weighted by atomic mass is 9.97. The Kier molecular flexibility index (Phi) is 7.50. The van der Waals surface area contributed by atoms with E-state index in [-0.39, 0.29) is 36.6 Å². The molecule has 2 aromatic rings. The summed E-state index contributed by atoms with van der Waals surface area (Å²) in [4.78, 5) is 38.7. The predicted molar refractivity (Wildman–Crippen MR) is 118 cm³/mol. The van der Waals surface area contributed by atoms with E-state index in [1.165, 1.54) is 0 Å². The molecule has 0 radical (unpaired) electrons. The summed E-state index contributed by atoms with van der Waals surface area (Å²) < 4.78 is 10.4. The molecule has 9 heteroatoms. The van der Waals surface area contributed by atoms with Crippen molar-refractivity contribution in [2.24, 2.45) is 5.92 Å². The molecule has 1 aliphatic heterocycles. The van der Waals surface area contributed by atoms with Crippen molar-refractivity contribution in [1.82, 2.24) is 20.7 Å². The zero-order valence-corrected chi connectivity index (χ0v) is 18.7. The first-order valence-electron chi connectivity index (χ1n) is 10.8. The van der Waals surface area contributed by atoms with Gasteiger partial charge in [-0.3, -0.25) is 9.59 Å². The van der Waals surface area contributed by atoms with Gasteiger partial charge >= 0.3 is 6.09 Å². The number of hydrogen-bond acceptors (Lipinski definition) is 6. The van der Waals surface area contributed by atoms with Crippen LogP contribution in [0.1, 0.15) is 44.2 Å². The molecule has 172 valence electrons. The summed E-state index contributed by atoms with van der Waals surface area (Å²) >= 11 is 0. The Bertz CT molecular complexity index is 935. The lowest BCUT2D eigenvalue weighted by molar-refractivity contribution is -0.126. The molecule has 2 N–H and O–H groups in total. The van der Waals surface area contributed by atoms with Crippen LogP contribution in [-0.2, 0) is 9.53 Å². The summed E-state index contributed by atoms with van der Waals surface area (Å²) in [6.07, 6.45) is 0.892. The molecule has 3 amide bonds. The van der Waals surface area contributed by atoms with Crippen molar-refractivity contribution < 1.29 is 23.6 Å². The molecule has 9 nitrogen and oxygen atoms in total. The topological polar surface area (TPSA) is 114 Å². The molecule has 1 aromatic carbocycles. The lowest BCUT2D eigenvalue weighted by Gasteiger charge is -2.31. The van der Waals surface area contributed by atoms with E-state index in [0.29, 0.717) is 25.2 Å². The number of rotatable bonds is 6. The van der Waals surface area contributed by atoms with E-state index < -0.39 is 11.7 Å². The van der Waals surface area contributed by atoms with E-state index >= 15 is 0 Å². The van der Waals surface area contributed by atoms with Gasteiger partial charge in [0.15, 0.2) is 0 Å². The standard InChI is InChI=1S/C23H30N4O5/c1-23(2,3)31-22(30)25-12-11-24-20(28)17-10-7-13-27(15-17)21(29)19-14-18(26-32-19)16-8-5-4-6-9-16/h4-6,8-9,14,17H,7,10-13,15H2,1-3H3,(H,24,28)(H,25,30). The predicted octanol–water partition coefficient (Wildman–Crippen LogP) is 2.83. The van der Waals surface area contributed by atoms with E-state index in [1.807, 2.05) is 30.3 Å². The number of aromatic nitrogens is 1. The van der Waals surface area contributed by atoms with Crippen molar-refractivity contribution in [3.05, 3.63) is 42.2 Å². The number of hydrogen-bond donors (Lipinski definition) is 2. The highest BCUT2D eigenvalue weighted by Crippen LogP contribution is 2.22. The second-order valence-corrected chi connectivity index (χ2v) is 8.75. The molecule has 1 fully saturated rings. The third-order valence-corrected chi connectivity index (χ3v) is 4.96. The van der Waals surface area contributed by atoms with Crippen LogP contribution in [0.5, 0.6) is 0 Å². The van der Waals surface area contributed by atoms with Crippen molar-refractivity contribution in [2.45, 2.75) is 39.2 Å². The molecule has 0 saturated carbocycles. The van der Waals surface area contributed by atoms with E-state index in [2.05, 4.69) is 15.8 Å². The fourth-order valence-corrected chi connectivity index (χ4v) is 3.46. The molecule has 0 aliphatic carbocycles. The molecule has 3 rings (SSSR count). The van der Waals surface area contributed by atoms with Crippen LogP contribution in [0.4, 0.5) is 4.79 Å². The number of ether oxygens (including phenoxy) is 1. The quantitative estimate of drug-likeness (QED) is 0.665. The third kappa shape index (κ3) is 6.57. The van der Waals surface area contributed by atoms with Gasteiger partial charge in [0.25, 0.3) is 5.91 Å². The van der Waals surface area contributed by atoms with Gasteiger partial charge in [-0.2, -0.15) is 0 Å². The van der Waals surface area contributed by atoms with Gasteiger partial charge in [0.05, 0.1) is 5.92 Å². The minimum atomic E-state index is -0.573. The molecule has 0 bridgehead atoms. The molecule has 1 unspecified atom stereocenters.